The number of benzene rings is 2. The van der Waals surface area contributed by atoms with Gasteiger partial charge >= 0.3 is 0 Å². The summed E-state index contributed by atoms with van der Waals surface area (Å²) in [5.41, 5.74) is 1.83. The minimum Gasteiger partial charge on any atom is -0.497 e. The summed E-state index contributed by atoms with van der Waals surface area (Å²) < 4.78 is 38.5. The Bertz CT molecular complexity index is 811. The van der Waals surface area contributed by atoms with Gasteiger partial charge in [-0.05, 0) is 47.7 Å². The van der Waals surface area contributed by atoms with Gasteiger partial charge in [-0.1, -0.05) is 43.7 Å². The van der Waals surface area contributed by atoms with Gasteiger partial charge in [-0.15, -0.1) is 6.58 Å². The van der Waals surface area contributed by atoms with Crippen molar-refractivity contribution >= 4 is 10.0 Å². The van der Waals surface area contributed by atoms with Crippen LogP contribution in [0.4, 0.5) is 0 Å². The third-order valence-electron chi connectivity index (χ3n) is 4.95. The highest BCUT2D eigenvalue weighted by molar-refractivity contribution is 7.89. The van der Waals surface area contributed by atoms with Crippen LogP contribution in [0.3, 0.4) is 0 Å². The molecule has 0 aromatic heterocycles. The number of ether oxygens (including phenoxy) is 2. The molecular weight excluding hydrogens is 386 g/mol. The van der Waals surface area contributed by atoms with Gasteiger partial charge in [0.15, 0.2) is 0 Å². The summed E-state index contributed by atoms with van der Waals surface area (Å²) in [5, 5.41) is 0. The van der Waals surface area contributed by atoms with Crippen molar-refractivity contribution in [3.8, 4) is 11.5 Å². The monoisotopic (exact) mass is 417 g/mol. The van der Waals surface area contributed by atoms with Gasteiger partial charge in [-0.2, -0.15) is 4.31 Å². The van der Waals surface area contributed by atoms with E-state index in [0.717, 1.165) is 29.0 Å². The lowest BCUT2D eigenvalue weighted by atomic mass is 10.1. The van der Waals surface area contributed by atoms with E-state index in [9.17, 15) is 8.42 Å². The van der Waals surface area contributed by atoms with Gasteiger partial charge in [0.1, 0.15) is 11.5 Å². The fourth-order valence-electron chi connectivity index (χ4n) is 3.11. The molecule has 158 valence electrons. The third-order valence-corrected chi connectivity index (χ3v) is 6.89. The number of rotatable bonds is 12. The second-order valence-corrected chi connectivity index (χ2v) is 9.05. The lowest BCUT2D eigenvalue weighted by Crippen LogP contribution is -2.34. The standard InChI is InChI=1S/C23H31NO4S/c1-5-7-19(6-2)18-29(25,26)24(16-20-8-12-22(27-3)13-9-20)17-21-10-14-23(28-4)15-11-21/h5,8-15,19H,1,6-7,16-18H2,2-4H3/t19-/m0/s1. The number of hydrogen-bond acceptors (Lipinski definition) is 4. The van der Waals surface area contributed by atoms with Crippen LogP contribution < -0.4 is 9.47 Å². The average Bonchev–Trinajstić information content (AvgIpc) is 2.73. The van der Waals surface area contributed by atoms with E-state index in [0.29, 0.717) is 19.5 Å². The van der Waals surface area contributed by atoms with E-state index in [1.54, 1.807) is 24.6 Å². The van der Waals surface area contributed by atoms with Crippen LogP contribution in [0.5, 0.6) is 11.5 Å². The van der Waals surface area contributed by atoms with E-state index in [1.165, 1.54) is 0 Å². The van der Waals surface area contributed by atoms with E-state index in [4.69, 9.17) is 9.47 Å². The largest absolute Gasteiger partial charge is 0.497 e. The molecule has 0 radical (unpaired) electrons. The van der Waals surface area contributed by atoms with Crippen molar-refractivity contribution in [3.63, 3.8) is 0 Å². The van der Waals surface area contributed by atoms with Gasteiger partial charge in [0.2, 0.25) is 10.0 Å². The maximum atomic E-state index is 13.3. The van der Waals surface area contributed by atoms with Crippen LogP contribution in [-0.4, -0.2) is 32.7 Å². The van der Waals surface area contributed by atoms with Crippen molar-refractivity contribution in [2.45, 2.75) is 32.9 Å². The van der Waals surface area contributed by atoms with Crippen molar-refractivity contribution in [2.24, 2.45) is 5.92 Å². The van der Waals surface area contributed by atoms with Crippen molar-refractivity contribution in [2.75, 3.05) is 20.0 Å². The summed E-state index contributed by atoms with van der Waals surface area (Å²) in [6, 6.07) is 15.0. The molecule has 2 aromatic rings. The van der Waals surface area contributed by atoms with Crippen LogP contribution in [-0.2, 0) is 23.1 Å². The maximum Gasteiger partial charge on any atom is 0.214 e. The first kappa shape index (κ1) is 23.0. The molecule has 0 fully saturated rings. The second kappa shape index (κ2) is 11.0. The van der Waals surface area contributed by atoms with Gasteiger partial charge in [0.05, 0.1) is 20.0 Å². The zero-order valence-corrected chi connectivity index (χ0v) is 18.3. The maximum absolute atomic E-state index is 13.3. The van der Waals surface area contributed by atoms with Crippen LogP contribution in [0.15, 0.2) is 61.2 Å². The first-order valence-corrected chi connectivity index (χ1v) is 11.4. The lowest BCUT2D eigenvalue weighted by Gasteiger charge is -2.25. The Hall–Kier alpha value is -2.31. The normalized spacial score (nSPS) is 12.6. The molecule has 0 aliphatic rings. The van der Waals surface area contributed by atoms with E-state index < -0.39 is 10.0 Å². The topological polar surface area (TPSA) is 55.8 Å². The Kier molecular flexibility index (Phi) is 8.73. The van der Waals surface area contributed by atoms with Crippen molar-refractivity contribution < 1.29 is 17.9 Å². The lowest BCUT2D eigenvalue weighted by molar-refractivity contribution is 0.390. The van der Waals surface area contributed by atoms with Gasteiger partial charge in [0, 0.05) is 13.1 Å². The third kappa shape index (κ3) is 6.91. The average molecular weight is 418 g/mol. The Morgan fingerprint density at radius 3 is 1.72 bits per heavy atom. The molecule has 2 aromatic carbocycles. The van der Waals surface area contributed by atoms with Gasteiger partial charge < -0.3 is 9.47 Å². The molecule has 0 aliphatic heterocycles. The summed E-state index contributed by atoms with van der Waals surface area (Å²) >= 11 is 0. The minimum atomic E-state index is -3.46. The molecule has 0 spiro atoms. The highest BCUT2D eigenvalue weighted by atomic mass is 32.2. The fraction of sp³-hybridized carbons (Fsp3) is 0.391. The molecule has 0 saturated carbocycles. The molecule has 0 aliphatic carbocycles. The molecule has 29 heavy (non-hydrogen) atoms. The number of methoxy groups -OCH3 is 2. The molecule has 1 atom stereocenters. The molecule has 6 heteroatoms. The van der Waals surface area contributed by atoms with E-state index in [1.807, 2.05) is 55.5 Å². The molecular formula is C23H31NO4S. The van der Waals surface area contributed by atoms with Crippen molar-refractivity contribution in [1.82, 2.24) is 4.31 Å². The SMILES string of the molecule is C=CC[C@H](CC)CS(=O)(=O)N(Cc1ccc(OC)cc1)Cc1ccc(OC)cc1. The molecule has 0 bridgehead atoms. The quantitative estimate of drug-likeness (QED) is 0.472. The summed E-state index contributed by atoms with van der Waals surface area (Å²) in [5.74, 6) is 1.67. The molecule has 0 saturated heterocycles. The highest BCUT2D eigenvalue weighted by Crippen LogP contribution is 2.22. The summed E-state index contributed by atoms with van der Waals surface area (Å²) in [6.45, 7) is 6.39. The molecule has 5 nitrogen and oxygen atoms in total. The Labute approximate surface area is 175 Å². The number of sulfonamides is 1. The Morgan fingerprint density at radius 2 is 1.38 bits per heavy atom. The zero-order valence-electron chi connectivity index (χ0n) is 17.5. The van der Waals surface area contributed by atoms with E-state index in [2.05, 4.69) is 6.58 Å². The first-order valence-electron chi connectivity index (χ1n) is 9.76. The van der Waals surface area contributed by atoms with Crippen molar-refractivity contribution in [1.29, 1.82) is 0 Å². The number of allylic oxidation sites excluding steroid dienone is 1. The van der Waals surface area contributed by atoms with Gasteiger partial charge in [0.25, 0.3) is 0 Å². The molecule has 0 heterocycles. The zero-order chi connectivity index (χ0) is 21.3. The van der Waals surface area contributed by atoms with Gasteiger partial charge in [-0.25, -0.2) is 8.42 Å². The summed E-state index contributed by atoms with van der Waals surface area (Å²) in [7, 11) is -0.238. The Balaban J connectivity index is 2.27. The summed E-state index contributed by atoms with van der Waals surface area (Å²) in [6.07, 6.45) is 3.28. The predicted molar refractivity (Wildman–Crippen MR) is 118 cm³/mol. The molecule has 0 unspecified atom stereocenters. The minimum absolute atomic E-state index is 0.0618. The second-order valence-electron chi connectivity index (χ2n) is 7.04. The fourth-order valence-corrected chi connectivity index (χ4v) is 4.98. The van der Waals surface area contributed by atoms with Crippen LogP contribution in [0, 0.1) is 5.92 Å². The molecule has 0 amide bonds. The van der Waals surface area contributed by atoms with Crippen LogP contribution in [0.1, 0.15) is 30.9 Å². The van der Waals surface area contributed by atoms with Crippen LogP contribution >= 0.6 is 0 Å². The van der Waals surface area contributed by atoms with E-state index in [-0.39, 0.29) is 11.7 Å². The Morgan fingerprint density at radius 1 is 0.931 bits per heavy atom. The predicted octanol–water partition coefficient (Wildman–Crippen LogP) is 4.64. The molecule has 0 N–H and O–H groups in total. The smallest absolute Gasteiger partial charge is 0.214 e. The van der Waals surface area contributed by atoms with Crippen molar-refractivity contribution in [3.05, 3.63) is 72.3 Å². The molecule has 2 rings (SSSR count). The van der Waals surface area contributed by atoms with Crippen LogP contribution in [0.25, 0.3) is 0 Å². The number of nitrogens with zero attached hydrogens (tertiary/aromatic N) is 1. The number of hydrogen-bond donors (Lipinski definition) is 0. The first-order chi connectivity index (χ1) is 13.9. The highest BCUT2D eigenvalue weighted by Gasteiger charge is 2.26. The van der Waals surface area contributed by atoms with Crippen LogP contribution in [0.2, 0.25) is 0 Å². The van der Waals surface area contributed by atoms with E-state index >= 15 is 0 Å². The summed E-state index contributed by atoms with van der Waals surface area (Å²) in [4.78, 5) is 0. The van der Waals surface area contributed by atoms with Gasteiger partial charge in [-0.3, -0.25) is 0 Å².